The van der Waals surface area contributed by atoms with Crippen molar-refractivity contribution in [3.63, 3.8) is 0 Å². The SMILES string of the molecule is Cc1nn(C2CCS(=O)(=O)C2)c2nc(C3CC3)cc(C(=O)OCc3cccc4ccccc34)c12. The molecule has 0 spiro atoms. The van der Waals surface area contributed by atoms with Crippen molar-refractivity contribution in [1.29, 1.82) is 0 Å². The van der Waals surface area contributed by atoms with Gasteiger partial charge in [-0.1, -0.05) is 42.5 Å². The highest BCUT2D eigenvalue weighted by atomic mass is 32.2. The molecule has 7 nitrogen and oxygen atoms in total. The molecule has 8 heteroatoms. The summed E-state index contributed by atoms with van der Waals surface area (Å²) in [5.74, 6) is 0.119. The van der Waals surface area contributed by atoms with Gasteiger partial charge in [-0.25, -0.2) is 22.9 Å². The molecule has 0 radical (unpaired) electrons. The van der Waals surface area contributed by atoms with Crippen LogP contribution in [0, 0.1) is 6.92 Å². The van der Waals surface area contributed by atoms with E-state index in [0.29, 0.717) is 34.6 Å². The van der Waals surface area contributed by atoms with Crippen LogP contribution in [0.15, 0.2) is 48.5 Å². The normalized spacial score (nSPS) is 19.6. The van der Waals surface area contributed by atoms with Gasteiger partial charge < -0.3 is 4.74 Å². The number of rotatable bonds is 5. The number of aromatic nitrogens is 3. The Bertz CT molecular complexity index is 1550. The van der Waals surface area contributed by atoms with Crippen LogP contribution in [0.3, 0.4) is 0 Å². The summed E-state index contributed by atoms with van der Waals surface area (Å²) in [6.45, 7) is 2.00. The van der Waals surface area contributed by atoms with Gasteiger partial charge in [-0.3, -0.25) is 0 Å². The molecule has 2 aromatic heterocycles. The van der Waals surface area contributed by atoms with Gasteiger partial charge in [0, 0.05) is 11.6 Å². The first-order chi connectivity index (χ1) is 16.4. The van der Waals surface area contributed by atoms with Crippen LogP contribution in [-0.4, -0.2) is 40.7 Å². The number of benzene rings is 2. The van der Waals surface area contributed by atoms with Crippen molar-refractivity contribution in [1.82, 2.24) is 14.8 Å². The van der Waals surface area contributed by atoms with E-state index in [-0.39, 0.29) is 24.2 Å². The molecule has 1 aliphatic heterocycles. The van der Waals surface area contributed by atoms with Gasteiger partial charge in [-0.15, -0.1) is 0 Å². The second-order valence-electron chi connectivity index (χ2n) is 9.37. The number of sulfone groups is 1. The Morgan fingerprint density at radius 2 is 1.91 bits per heavy atom. The third-order valence-corrected chi connectivity index (χ3v) is 8.62. The second kappa shape index (κ2) is 7.91. The molecule has 2 fully saturated rings. The van der Waals surface area contributed by atoms with Crippen molar-refractivity contribution in [2.45, 2.75) is 44.8 Å². The molecule has 1 unspecified atom stereocenters. The number of pyridine rings is 1. The molecule has 0 amide bonds. The first-order valence-corrected chi connectivity index (χ1v) is 13.5. The summed E-state index contributed by atoms with van der Waals surface area (Å²) in [7, 11) is -3.08. The van der Waals surface area contributed by atoms with E-state index in [4.69, 9.17) is 9.72 Å². The molecule has 174 valence electrons. The molecular formula is C26H25N3O4S. The van der Waals surface area contributed by atoms with Crippen molar-refractivity contribution in [2.75, 3.05) is 11.5 Å². The van der Waals surface area contributed by atoms with E-state index < -0.39 is 15.8 Å². The third-order valence-electron chi connectivity index (χ3n) is 6.87. The molecule has 2 aromatic carbocycles. The van der Waals surface area contributed by atoms with E-state index in [1.54, 1.807) is 4.68 Å². The fourth-order valence-electron chi connectivity index (χ4n) is 4.94. The average Bonchev–Trinajstić information content (AvgIpc) is 3.55. The monoisotopic (exact) mass is 475 g/mol. The lowest BCUT2D eigenvalue weighted by molar-refractivity contribution is 0.0476. The molecule has 1 atom stereocenters. The largest absolute Gasteiger partial charge is 0.457 e. The van der Waals surface area contributed by atoms with Crippen molar-refractivity contribution < 1.29 is 17.9 Å². The van der Waals surface area contributed by atoms with E-state index in [0.717, 1.165) is 34.9 Å². The lowest BCUT2D eigenvalue weighted by Gasteiger charge is -2.12. The zero-order chi connectivity index (χ0) is 23.4. The summed E-state index contributed by atoms with van der Waals surface area (Å²) in [5.41, 5.74) is 3.50. The summed E-state index contributed by atoms with van der Waals surface area (Å²) < 4.78 is 31.7. The van der Waals surface area contributed by atoms with E-state index in [9.17, 15) is 13.2 Å². The van der Waals surface area contributed by atoms with Crippen molar-refractivity contribution in [3.05, 3.63) is 71.0 Å². The molecule has 4 aromatic rings. The van der Waals surface area contributed by atoms with E-state index in [1.165, 1.54) is 0 Å². The quantitative estimate of drug-likeness (QED) is 0.395. The maximum atomic E-state index is 13.4. The van der Waals surface area contributed by atoms with Crippen molar-refractivity contribution >= 4 is 37.6 Å². The van der Waals surface area contributed by atoms with Crippen LogP contribution >= 0.6 is 0 Å². The van der Waals surface area contributed by atoms with Crippen LogP contribution < -0.4 is 0 Å². The molecule has 2 aliphatic rings. The van der Waals surface area contributed by atoms with E-state index in [2.05, 4.69) is 5.10 Å². The Morgan fingerprint density at radius 3 is 2.68 bits per heavy atom. The third kappa shape index (κ3) is 3.76. The van der Waals surface area contributed by atoms with Gasteiger partial charge in [-0.05, 0) is 48.6 Å². The van der Waals surface area contributed by atoms with E-state index in [1.807, 2.05) is 55.5 Å². The number of ether oxygens (including phenoxy) is 1. The minimum atomic E-state index is -3.08. The van der Waals surface area contributed by atoms with Gasteiger partial charge in [0.25, 0.3) is 0 Å². The van der Waals surface area contributed by atoms with Crippen LogP contribution in [0.5, 0.6) is 0 Å². The van der Waals surface area contributed by atoms with Gasteiger partial charge in [-0.2, -0.15) is 5.10 Å². The number of hydrogen-bond acceptors (Lipinski definition) is 6. The molecule has 1 aliphatic carbocycles. The molecule has 1 saturated heterocycles. The number of carbonyl (C=O) groups is 1. The molecule has 6 rings (SSSR count). The summed E-state index contributed by atoms with van der Waals surface area (Å²) in [6, 6.07) is 15.6. The lowest BCUT2D eigenvalue weighted by Crippen LogP contribution is -2.14. The van der Waals surface area contributed by atoms with Gasteiger partial charge in [0.2, 0.25) is 0 Å². The Balaban J connectivity index is 1.38. The average molecular weight is 476 g/mol. The topological polar surface area (TPSA) is 91.1 Å². The molecule has 0 N–H and O–H groups in total. The second-order valence-corrected chi connectivity index (χ2v) is 11.6. The highest BCUT2D eigenvalue weighted by molar-refractivity contribution is 7.91. The zero-order valence-electron chi connectivity index (χ0n) is 18.9. The van der Waals surface area contributed by atoms with Crippen LogP contribution in [0.4, 0.5) is 0 Å². The molecule has 0 bridgehead atoms. The van der Waals surface area contributed by atoms with Gasteiger partial charge in [0.05, 0.1) is 34.2 Å². The predicted molar refractivity (Wildman–Crippen MR) is 130 cm³/mol. The Kier molecular flexibility index (Phi) is 4.95. The maximum absolute atomic E-state index is 13.4. The summed E-state index contributed by atoms with van der Waals surface area (Å²) in [4.78, 5) is 18.2. The molecule has 1 saturated carbocycles. The van der Waals surface area contributed by atoms with E-state index >= 15 is 0 Å². The van der Waals surface area contributed by atoms with Crippen LogP contribution in [0.2, 0.25) is 0 Å². The first kappa shape index (κ1) is 21.3. The summed E-state index contributed by atoms with van der Waals surface area (Å²) in [6.07, 6.45) is 2.58. The minimum Gasteiger partial charge on any atom is -0.457 e. The standard InChI is InChI=1S/C26H25N3O4S/c1-16-24-22(26(30)33-14-19-7-4-6-17-5-2-3-8-21(17)19)13-23(18-9-10-18)27-25(24)29(28-16)20-11-12-34(31,32)15-20/h2-8,13,18,20H,9-12,14-15H2,1H3. The predicted octanol–water partition coefficient (Wildman–Crippen LogP) is 4.49. The highest BCUT2D eigenvalue weighted by Crippen LogP contribution is 2.41. The Hall–Kier alpha value is -3.26. The molecule has 3 heterocycles. The minimum absolute atomic E-state index is 0.0550. The highest BCUT2D eigenvalue weighted by Gasteiger charge is 2.34. The Morgan fingerprint density at radius 1 is 1.12 bits per heavy atom. The molecule has 34 heavy (non-hydrogen) atoms. The van der Waals surface area contributed by atoms with Crippen LogP contribution in [0.25, 0.3) is 21.8 Å². The van der Waals surface area contributed by atoms with Crippen molar-refractivity contribution in [3.8, 4) is 0 Å². The summed E-state index contributed by atoms with van der Waals surface area (Å²) in [5, 5.41) is 7.45. The maximum Gasteiger partial charge on any atom is 0.339 e. The zero-order valence-corrected chi connectivity index (χ0v) is 19.7. The first-order valence-electron chi connectivity index (χ1n) is 11.6. The fourth-order valence-corrected chi connectivity index (χ4v) is 6.64. The summed E-state index contributed by atoms with van der Waals surface area (Å²) >= 11 is 0. The van der Waals surface area contributed by atoms with Crippen LogP contribution in [0.1, 0.15) is 58.5 Å². The number of fused-ring (bicyclic) bond motifs is 2. The van der Waals surface area contributed by atoms with Crippen molar-refractivity contribution in [2.24, 2.45) is 0 Å². The lowest BCUT2D eigenvalue weighted by atomic mass is 10.1. The number of hydrogen-bond donors (Lipinski definition) is 0. The number of carbonyl (C=O) groups excluding carboxylic acids is 1. The number of aryl methyl sites for hydroxylation is 1. The van der Waals surface area contributed by atoms with Gasteiger partial charge >= 0.3 is 5.97 Å². The van der Waals surface area contributed by atoms with Gasteiger partial charge in [0.15, 0.2) is 15.5 Å². The Labute approximate surface area is 197 Å². The van der Waals surface area contributed by atoms with Gasteiger partial charge in [0.1, 0.15) is 6.61 Å². The molecular weight excluding hydrogens is 450 g/mol. The smallest absolute Gasteiger partial charge is 0.339 e. The number of nitrogens with zero attached hydrogens (tertiary/aromatic N) is 3. The van der Waals surface area contributed by atoms with Crippen LogP contribution in [-0.2, 0) is 21.2 Å². The number of esters is 1. The fraction of sp³-hybridized carbons (Fsp3) is 0.346.